The Balaban J connectivity index is 1.69. The maximum Gasteiger partial charge on any atom is 0.285 e. The summed E-state index contributed by atoms with van der Waals surface area (Å²) in [5.74, 6) is -0.895. The van der Waals surface area contributed by atoms with Crippen LogP contribution in [-0.2, 0) is 18.0 Å². The first kappa shape index (κ1) is 13.4. The molecule has 1 aliphatic heterocycles. The molecule has 0 unspecified atom stereocenters. The lowest BCUT2D eigenvalue weighted by Crippen LogP contribution is -2.29. The number of hydroxylamine groups is 2. The molecular formula is C14H14N4O3. The number of fused-ring (bicyclic) bond motifs is 1. The van der Waals surface area contributed by atoms with Gasteiger partial charge in [-0.15, -0.1) is 10.2 Å². The Morgan fingerprint density at radius 1 is 1.14 bits per heavy atom. The second kappa shape index (κ2) is 5.45. The van der Waals surface area contributed by atoms with Crippen molar-refractivity contribution in [1.82, 2.24) is 20.1 Å². The second-order valence-electron chi connectivity index (χ2n) is 4.70. The first-order chi connectivity index (χ1) is 10.2. The average Bonchev–Trinajstić information content (AvgIpc) is 3.03. The fourth-order valence-electron chi connectivity index (χ4n) is 2.16. The molecule has 0 atom stereocenters. The smallest absolute Gasteiger partial charge is 0.266 e. The first-order valence-corrected chi connectivity index (χ1v) is 6.70. The molecule has 0 fully saturated rings. The number of rotatable bonds is 5. The Kier molecular flexibility index (Phi) is 3.49. The van der Waals surface area contributed by atoms with Gasteiger partial charge in [0.05, 0.1) is 17.3 Å². The number of benzene rings is 1. The molecule has 0 spiro atoms. The number of carbonyl (C=O) groups excluding carboxylic acids is 2. The largest absolute Gasteiger partial charge is 0.285 e. The van der Waals surface area contributed by atoms with Crippen molar-refractivity contribution in [3.8, 4) is 0 Å². The van der Waals surface area contributed by atoms with Gasteiger partial charge in [-0.2, -0.15) is 0 Å². The van der Waals surface area contributed by atoms with Gasteiger partial charge in [0, 0.05) is 6.54 Å². The van der Waals surface area contributed by atoms with Crippen LogP contribution in [0.2, 0.25) is 0 Å². The lowest BCUT2D eigenvalue weighted by molar-refractivity contribution is -0.102. The number of aromatic nitrogens is 3. The third kappa shape index (κ3) is 2.43. The predicted octanol–water partition coefficient (Wildman–Crippen LogP) is 1.42. The van der Waals surface area contributed by atoms with Crippen molar-refractivity contribution in [1.29, 1.82) is 0 Å². The van der Waals surface area contributed by atoms with Gasteiger partial charge in [0.25, 0.3) is 11.8 Å². The molecule has 0 N–H and O–H groups in total. The molecule has 0 saturated carbocycles. The summed E-state index contributed by atoms with van der Waals surface area (Å²) in [6.45, 7) is 2.83. The average molecular weight is 286 g/mol. The van der Waals surface area contributed by atoms with E-state index in [9.17, 15) is 9.59 Å². The van der Waals surface area contributed by atoms with Crippen LogP contribution in [0.25, 0.3) is 0 Å². The van der Waals surface area contributed by atoms with Crippen LogP contribution in [0.15, 0.2) is 30.5 Å². The van der Waals surface area contributed by atoms with E-state index in [1.807, 2.05) is 6.92 Å². The highest BCUT2D eigenvalue weighted by Crippen LogP contribution is 2.22. The molecule has 2 amide bonds. The van der Waals surface area contributed by atoms with E-state index >= 15 is 0 Å². The molecule has 7 nitrogen and oxygen atoms in total. The molecule has 0 radical (unpaired) electrons. The van der Waals surface area contributed by atoms with Crippen molar-refractivity contribution in [3.05, 3.63) is 47.3 Å². The van der Waals surface area contributed by atoms with Crippen molar-refractivity contribution in [3.63, 3.8) is 0 Å². The molecule has 0 saturated heterocycles. The predicted molar refractivity (Wildman–Crippen MR) is 72.0 cm³/mol. The molecule has 21 heavy (non-hydrogen) atoms. The van der Waals surface area contributed by atoms with E-state index < -0.39 is 11.8 Å². The third-order valence-electron chi connectivity index (χ3n) is 3.14. The quantitative estimate of drug-likeness (QED) is 0.777. The second-order valence-corrected chi connectivity index (χ2v) is 4.70. The van der Waals surface area contributed by atoms with Crippen LogP contribution in [0.1, 0.15) is 39.8 Å². The summed E-state index contributed by atoms with van der Waals surface area (Å²) in [5.41, 5.74) is 1.29. The molecule has 2 aromatic rings. The number of hydrogen-bond acceptors (Lipinski definition) is 5. The number of nitrogens with zero attached hydrogens (tertiary/aromatic N) is 4. The summed E-state index contributed by atoms with van der Waals surface area (Å²) in [6, 6.07) is 6.64. The summed E-state index contributed by atoms with van der Waals surface area (Å²) in [7, 11) is 0. The Bertz CT molecular complexity index is 660. The van der Waals surface area contributed by atoms with Crippen LogP contribution >= 0.6 is 0 Å². The van der Waals surface area contributed by atoms with E-state index in [2.05, 4.69) is 10.3 Å². The van der Waals surface area contributed by atoms with E-state index in [4.69, 9.17) is 4.84 Å². The summed E-state index contributed by atoms with van der Waals surface area (Å²) in [5, 5.41) is 8.64. The number of amides is 2. The minimum absolute atomic E-state index is 0.0230. The first-order valence-electron chi connectivity index (χ1n) is 6.70. The van der Waals surface area contributed by atoms with E-state index in [1.54, 1.807) is 35.1 Å². The fourth-order valence-corrected chi connectivity index (χ4v) is 2.16. The minimum Gasteiger partial charge on any atom is -0.266 e. The monoisotopic (exact) mass is 286 g/mol. The molecule has 108 valence electrons. The van der Waals surface area contributed by atoms with Gasteiger partial charge < -0.3 is 0 Å². The SMILES string of the molecule is CCCn1cc(CON2C(=O)c3ccccc3C2=O)nn1. The molecule has 1 aliphatic rings. The highest BCUT2D eigenvalue weighted by Gasteiger charge is 2.36. The van der Waals surface area contributed by atoms with E-state index in [0.29, 0.717) is 16.8 Å². The van der Waals surface area contributed by atoms with E-state index in [1.165, 1.54) is 0 Å². The van der Waals surface area contributed by atoms with Gasteiger partial charge >= 0.3 is 0 Å². The van der Waals surface area contributed by atoms with Gasteiger partial charge in [0.1, 0.15) is 12.3 Å². The molecular weight excluding hydrogens is 272 g/mol. The highest BCUT2D eigenvalue weighted by atomic mass is 16.7. The van der Waals surface area contributed by atoms with Gasteiger partial charge in [0.2, 0.25) is 0 Å². The molecule has 2 heterocycles. The Morgan fingerprint density at radius 2 is 1.81 bits per heavy atom. The van der Waals surface area contributed by atoms with Gasteiger partial charge in [-0.25, -0.2) is 0 Å². The van der Waals surface area contributed by atoms with Crippen molar-refractivity contribution in [2.24, 2.45) is 0 Å². The van der Waals surface area contributed by atoms with Crippen LogP contribution in [0.3, 0.4) is 0 Å². The van der Waals surface area contributed by atoms with Crippen molar-refractivity contribution < 1.29 is 14.4 Å². The summed E-state index contributed by atoms with van der Waals surface area (Å²) in [4.78, 5) is 29.5. The number of imide groups is 1. The molecule has 1 aromatic carbocycles. The molecule has 7 heteroatoms. The topological polar surface area (TPSA) is 77.3 Å². The molecule has 1 aromatic heterocycles. The number of aryl methyl sites for hydroxylation is 1. The Labute approximate surface area is 121 Å². The van der Waals surface area contributed by atoms with Crippen LogP contribution in [0.4, 0.5) is 0 Å². The zero-order chi connectivity index (χ0) is 14.8. The van der Waals surface area contributed by atoms with Gasteiger partial charge in [-0.1, -0.05) is 24.3 Å². The van der Waals surface area contributed by atoms with E-state index in [0.717, 1.165) is 18.0 Å². The van der Waals surface area contributed by atoms with E-state index in [-0.39, 0.29) is 6.61 Å². The lowest BCUT2D eigenvalue weighted by Gasteiger charge is -2.11. The van der Waals surface area contributed by atoms with Gasteiger partial charge in [-0.3, -0.25) is 19.1 Å². The number of carbonyl (C=O) groups is 2. The Morgan fingerprint density at radius 3 is 2.43 bits per heavy atom. The Hall–Kier alpha value is -2.54. The zero-order valence-corrected chi connectivity index (χ0v) is 11.5. The minimum atomic E-state index is -0.448. The normalized spacial score (nSPS) is 13.9. The van der Waals surface area contributed by atoms with Crippen LogP contribution in [-0.4, -0.2) is 31.9 Å². The standard InChI is InChI=1S/C14H14N4O3/c1-2-7-17-8-10(15-16-17)9-21-18-13(19)11-5-3-4-6-12(11)14(18)20/h3-6,8H,2,7,9H2,1H3. The van der Waals surface area contributed by atoms with Gasteiger partial charge in [0.15, 0.2) is 0 Å². The van der Waals surface area contributed by atoms with Crippen molar-refractivity contribution in [2.45, 2.75) is 26.5 Å². The maximum atomic E-state index is 12.1. The highest BCUT2D eigenvalue weighted by molar-refractivity contribution is 6.20. The van der Waals surface area contributed by atoms with Crippen molar-refractivity contribution in [2.75, 3.05) is 0 Å². The maximum absolute atomic E-state index is 12.1. The fraction of sp³-hybridized carbons (Fsp3) is 0.286. The molecule has 0 aliphatic carbocycles. The van der Waals surface area contributed by atoms with Crippen LogP contribution in [0, 0.1) is 0 Å². The summed E-state index contributed by atoms with van der Waals surface area (Å²) in [6.07, 6.45) is 2.68. The summed E-state index contributed by atoms with van der Waals surface area (Å²) >= 11 is 0. The van der Waals surface area contributed by atoms with Crippen LogP contribution < -0.4 is 0 Å². The van der Waals surface area contributed by atoms with Gasteiger partial charge in [-0.05, 0) is 18.6 Å². The summed E-state index contributed by atoms with van der Waals surface area (Å²) < 4.78 is 1.70. The third-order valence-corrected chi connectivity index (χ3v) is 3.14. The molecule has 3 rings (SSSR count). The lowest BCUT2D eigenvalue weighted by atomic mass is 10.1. The van der Waals surface area contributed by atoms with Crippen LogP contribution in [0.5, 0.6) is 0 Å². The number of hydrogen-bond donors (Lipinski definition) is 0. The van der Waals surface area contributed by atoms with Crippen molar-refractivity contribution >= 4 is 11.8 Å². The molecule has 0 bridgehead atoms. The zero-order valence-electron chi connectivity index (χ0n) is 11.5.